The molecule has 0 aliphatic heterocycles. The number of esters is 1. The highest BCUT2D eigenvalue weighted by Crippen LogP contribution is 2.48. The van der Waals surface area contributed by atoms with E-state index in [0.29, 0.717) is 17.1 Å². The van der Waals surface area contributed by atoms with Crippen molar-refractivity contribution in [3.05, 3.63) is 23.8 Å². The first-order valence-corrected chi connectivity index (χ1v) is 16.0. The lowest BCUT2D eigenvalue weighted by Crippen LogP contribution is -2.46. The third-order valence-corrected chi connectivity index (χ3v) is 7.83. The minimum atomic E-state index is -3.75. The van der Waals surface area contributed by atoms with E-state index in [2.05, 4.69) is 5.32 Å². The molecule has 0 saturated carbocycles. The maximum atomic E-state index is 13.7. The molecule has 0 spiro atoms. The van der Waals surface area contributed by atoms with Gasteiger partial charge in [-0.05, 0) is 66.5 Å². The molecule has 14 heteroatoms. The predicted molar refractivity (Wildman–Crippen MR) is 159 cm³/mol. The van der Waals surface area contributed by atoms with Crippen LogP contribution in [0.15, 0.2) is 18.2 Å². The molecular weight excluding hydrogens is 583 g/mol. The van der Waals surface area contributed by atoms with Gasteiger partial charge in [0.1, 0.15) is 29.3 Å². The monoisotopic (exact) mass is 630 g/mol. The quantitative estimate of drug-likeness (QED) is 0.0994. The number of Topliss-reactive ketones (excluding diaryl/α,β-unsaturated/α-hetero) is 1. The smallest absolute Gasteiger partial charge is 0.407 e. The van der Waals surface area contributed by atoms with Crippen LogP contribution in [0.25, 0.3) is 0 Å². The number of alkyl carbamates (subject to hydrolysis) is 1. The Kier molecular flexibility index (Phi) is 16.3. The van der Waals surface area contributed by atoms with E-state index in [0.717, 1.165) is 0 Å². The topological polar surface area (TPSA) is 156 Å². The van der Waals surface area contributed by atoms with Crippen molar-refractivity contribution in [1.82, 2.24) is 10.2 Å². The van der Waals surface area contributed by atoms with Crippen molar-refractivity contribution >= 4 is 31.3 Å². The van der Waals surface area contributed by atoms with E-state index in [1.165, 1.54) is 19.1 Å². The number of rotatable bonds is 19. The Morgan fingerprint density at radius 2 is 1.63 bits per heavy atom. The van der Waals surface area contributed by atoms with Gasteiger partial charge in [-0.3, -0.25) is 14.2 Å². The van der Waals surface area contributed by atoms with E-state index in [1.807, 2.05) is 0 Å². The van der Waals surface area contributed by atoms with Crippen molar-refractivity contribution in [3.8, 4) is 11.5 Å². The summed E-state index contributed by atoms with van der Waals surface area (Å²) >= 11 is 0. The molecule has 1 N–H and O–H groups in total. The molecule has 0 saturated heterocycles. The molecule has 0 aliphatic carbocycles. The van der Waals surface area contributed by atoms with Gasteiger partial charge in [-0.1, -0.05) is 0 Å². The summed E-state index contributed by atoms with van der Waals surface area (Å²) in [6.07, 6.45) is -1.48. The number of amides is 2. The van der Waals surface area contributed by atoms with Crippen molar-refractivity contribution in [1.29, 1.82) is 0 Å². The summed E-state index contributed by atoms with van der Waals surface area (Å²) in [6.45, 7) is 10.3. The van der Waals surface area contributed by atoms with E-state index < -0.39 is 55.6 Å². The minimum absolute atomic E-state index is 0.0597. The summed E-state index contributed by atoms with van der Waals surface area (Å²) in [7, 11) is -0.790. The second-order valence-corrected chi connectivity index (χ2v) is 12.4. The van der Waals surface area contributed by atoms with Gasteiger partial charge in [-0.25, -0.2) is 9.59 Å². The Morgan fingerprint density at radius 3 is 2.16 bits per heavy atom. The highest BCUT2D eigenvalue weighted by Gasteiger charge is 2.35. The zero-order valence-electron chi connectivity index (χ0n) is 26.6. The van der Waals surface area contributed by atoms with E-state index >= 15 is 0 Å². The summed E-state index contributed by atoms with van der Waals surface area (Å²) in [6, 6.07) is 3.88. The SMILES string of the molecule is CCOC(=O)C(CCCNC(=O)OC(C)(C)C)N(Cc1ccc(OC)cc1OC)C(=O)CC(=O)CP(=O)(OCC)OCC. The highest BCUT2D eigenvalue weighted by atomic mass is 31.2. The normalized spacial score (nSPS) is 12.2. The van der Waals surface area contributed by atoms with Crippen LogP contribution in [0.4, 0.5) is 4.79 Å². The first-order chi connectivity index (χ1) is 20.2. The number of benzene rings is 1. The third-order valence-electron chi connectivity index (χ3n) is 5.78. The molecule has 0 heterocycles. The van der Waals surface area contributed by atoms with Gasteiger partial charge in [0, 0.05) is 18.2 Å². The number of nitrogens with one attached hydrogen (secondary N) is 1. The highest BCUT2D eigenvalue weighted by molar-refractivity contribution is 7.54. The molecule has 1 aromatic carbocycles. The summed E-state index contributed by atoms with van der Waals surface area (Å²) in [4.78, 5) is 53.2. The van der Waals surface area contributed by atoms with Gasteiger partial charge in [-0.2, -0.15) is 0 Å². The number of ketones is 1. The molecule has 0 bridgehead atoms. The Balaban J connectivity index is 3.32. The molecule has 0 radical (unpaired) electrons. The van der Waals surface area contributed by atoms with Gasteiger partial charge < -0.3 is 38.2 Å². The van der Waals surface area contributed by atoms with Gasteiger partial charge in [0.2, 0.25) is 5.91 Å². The van der Waals surface area contributed by atoms with Crippen molar-refractivity contribution in [2.24, 2.45) is 0 Å². The Hall–Kier alpha value is -3.15. The summed E-state index contributed by atoms with van der Waals surface area (Å²) in [5.74, 6) is -1.12. The molecule has 1 atom stereocenters. The van der Waals surface area contributed by atoms with E-state index in [1.54, 1.807) is 59.7 Å². The van der Waals surface area contributed by atoms with E-state index in [9.17, 15) is 23.7 Å². The molecular formula is C29H47N2O11P. The summed E-state index contributed by atoms with van der Waals surface area (Å²) in [5, 5.41) is 2.63. The molecule has 0 fully saturated rings. The zero-order valence-corrected chi connectivity index (χ0v) is 27.5. The van der Waals surface area contributed by atoms with Crippen LogP contribution in [-0.4, -0.2) is 87.0 Å². The molecule has 2 amide bonds. The van der Waals surface area contributed by atoms with Crippen molar-refractivity contribution in [3.63, 3.8) is 0 Å². The van der Waals surface area contributed by atoms with Gasteiger partial charge in [0.05, 0.1) is 47.0 Å². The average molecular weight is 631 g/mol. The van der Waals surface area contributed by atoms with Crippen LogP contribution < -0.4 is 14.8 Å². The van der Waals surface area contributed by atoms with Crippen molar-refractivity contribution in [2.45, 2.75) is 79.0 Å². The maximum absolute atomic E-state index is 13.7. The molecule has 0 aliphatic rings. The van der Waals surface area contributed by atoms with Gasteiger partial charge in [-0.15, -0.1) is 0 Å². The summed E-state index contributed by atoms with van der Waals surface area (Å²) in [5.41, 5.74) is -0.140. The predicted octanol–water partition coefficient (Wildman–Crippen LogP) is 4.49. The van der Waals surface area contributed by atoms with Crippen molar-refractivity contribution in [2.75, 3.05) is 46.7 Å². The fraction of sp³-hybridized carbons (Fsp3) is 0.655. The molecule has 1 rings (SSSR count). The Labute approximate surface area is 254 Å². The molecule has 1 aromatic rings. The second-order valence-electron chi connectivity index (χ2n) is 10.4. The number of hydrogen-bond acceptors (Lipinski definition) is 11. The van der Waals surface area contributed by atoms with Gasteiger partial charge in [0.25, 0.3) is 0 Å². The molecule has 244 valence electrons. The Bertz CT molecular complexity index is 1110. The lowest BCUT2D eigenvalue weighted by molar-refractivity contribution is -0.156. The summed E-state index contributed by atoms with van der Waals surface area (Å²) < 4.78 is 44.6. The van der Waals surface area contributed by atoms with Crippen LogP contribution in [0, 0.1) is 0 Å². The maximum Gasteiger partial charge on any atom is 0.407 e. The van der Waals surface area contributed by atoms with Crippen LogP contribution in [0.2, 0.25) is 0 Å². The fourth-order valence-electron chi connectivity index (χ4n) is 4.04. The minimum Gasteiger partial charge on any atom is -0.497 e. The zero-order chi connectivity index (χ0) is 32.6. The molecule has 13 nitrogen and oxygen atoms in total. The average Bonchev–Trinajstić information content (AvgIpc) is 2.91. The Morgan fingerprint density at radius 1 is 0.977 bits per heavy atom. The first kappa shape index (κ1) is 37.9. The lowest BCUT2D eigenvalue weighted by Gasteiger charge is -2.31. The van der Waals surface area contributed by atoms with Crippen LogP contribution in [0.1, 0.15) is 66.4 Å². The van der Waals surface area contributed by atoms with Crippen LogP contribution in [0.5, 0.6) is 11.5 Å². The number of ether oxygens (including phenoxy) is 4. The second kappa shape index (κ2) is 18.5. The number of nitrogens with zero attached hydrogens (tertiary/aromatic N) is 1. The van der Waals surface area contributed by atoms with Crippen LogP contribution in [-0.2, 0) is 44.0 Å². The number of hydrogen-bond donors (Lipinski definition) is 1. The van der Waals surface area contributed by atoms with Gasteiger partial charge in [0.15, 0.2) is 5.78 Å². The van der Waals surface area contributed by atoms with Crippen LogP contribution in [0.3, 0.4) is 0 Å². The number of carbonyl (C=O) groups is 4. The van der Waals surface area contributed by atoms with Crippen LogP contribution >= 0.6 is 7.60 Å². The third kappa shape index (κ3) is 13.8. The molecule has 43 heavy (non-hydrogen) atoms. The van der Waals surface area contributed by atoms with E-state index in [-0.39, 0.29) is 45.8 Å². The van der Waals surface area contributed by atoms with Crippen molar-refractivity contribution < 1.29 is 51.7 Å². The fourth-order valence-corrected chi connectivity index (χ4v) is 5.63. The first-order valence-electron chi connectivity index (χ1n) is 14.3. The lowest BCUT2D eigenvalue weighted by atomic mass is 10.1. The largest absolute Gasteiger partial charge is 0.497 e. The van der Waals surface area contributed by atoms with Gasteiger partial charge >= 0.3 is 19.7 Å². The standard InChI is InChI=1S/C29H47N2O11P/c1-9-39-27(34)24(13-12-16-30-28(35)42-29(4,5)6)31(19-21-14-15-23(37-7)18-25(21)38-8)26(33)17-22(32)20-43(36,40-10-2)41-11-3/h14-15,18,24H,9-13,16-17,19-20H2,1-8H3,(H,30,35). The number of carbonyl (C=O) groups excluding carboxylic acids is 4. The van der Waals surface area contributed by atoms with E-state index in [4.69, 9.17) is 28.0 Å². The molecule has 1 unspecified atom stereocenters. The number of methoxy groups -OCH3 is 2. The molecule has 0 aromatic heterocycles.